The summed E-state index contributed by atoms with van der Waals surface area (Å²) < 4.78 is 13.4. The lowest BCUT2D eigenvalue weighted by molar-refractivity contribution is 0.297. The zero-order valence-electron chi connectivity index (χ0n) is 18.9. The van der Waals surface area contributed by atoms with E-state index in [1.807, 2.05) is 29.8 Å². The number of anilines is 1. The molecule has 1 aromatic carbocycles. The Morgan fingerprint density at radius 3 is 2.61 bits per heavy atom. The number of aromatic nitrogens is 3. The van der Waals surface area contributed by atoms with Crippen LogP contribution in [0.5, 0.6) is 11.5 Å². The van der Waals surface area contributed by atoms with E-state index in [4.69, 9.17) is 14.5 Å². The predicted molar refractivity (Wildman–Crippen MR) is 124 cm³/mol. The Balaban J connectivity index is 1.56. The second-order valence-corrected chi connectivity index (χ2v) is 7.91. The van der Waals surface area contributed by atoms with Gasteiger partial charge in [0, 0.05) is 31.8 Å². The van der Waals surface area contributed by atoms with Crippen LogP contribution in [0.1, 0.15) is 64.1 Å². The van der Waals surface area contributed by atoms with Crippen LogP contribution < -0.4 is 20.1 Å². The van der Waals surface area contributed by atoms with Crippen LogP contribution in [0.2, 0.25) is 0 Å². The van der Waals surface area contributed by atoms with Gasteiger partial charge < -0.3 is 24.7 Å². The van der Waals surface area contributed by atoms with Crippen LogP contribution in [-0.4, -0.2) is 40.5 Å². The van der Waals surface area contributed by atoms with Crippen LogP contribution in [0, 0.1) is 0 Å². The summed E-state index contributed by atoms with van der Waals surface area (Å²) in [4.78, 5) is 4.71. The van der Waals surface area contributed by atoms with Gasteiger partial charge in [0.2, 0.25) is 0 Å². The number of nitrogens with one attached hydrogen (secondary N) is 2. The zero-order chi connectivity index (χ0) is 21.7. The fraction of sp³-hybridized carbons (Fsp3) is 0.609. The number of fused-ring (bicyclic) bond motifs is 1. The Hall–Kier alpha value is -2.77. The second kappa shape index (κ2) is 12.8. The first-order chi connectivity index (χ1) is 15.3. The van der Waals surface area contributed by atoms with Gasteiger partial charge in [-0.3, -0.25) is 0 Å². The summed E-state index contributed by atoms with van der Waals surface area (Å²) in [6, 6.07) is 5.90. The third-order valence-corrected chi connectivity index (χ3v) is 5.27. The molecule has 1 aliphatic heterocycles. The molecule has 3 rings (SSSR count). The van der Waals surface area contributed by atoms with Crippen molar-refractivity contribution >= 4 is 11.6 Å². The number of guanidine groups is 1. The quantitative estimate of drug-likeness (QED) is 0.316. The molecule has 2 aromatic rings. The maximum atomic E-state index is 5.81. The minimum atomic E-state index is 0.452. The number of hydrogen-bond donors (Lipinski definition) is 2. The molecule has 8 nitrogen and oxygen atoms in total. The first kappa shape index (κ1) is 22.9. The van der Waals surface area contributed by atoms with E-state index in [0.29, 0.717) is 19.8 Å². The van der Waals surface area contributed by atoms with E-state index in [0.717, 1.165) is 48.4 Å². The number of ether oxygens (including phenoxy) is 2. The maximum absolute atomic E-state index is 5.81. The summed E-state index contributed by atoms with van der Waals surface area (Å²) in [5, 5.41) is 14.9. The predicted octanol–water partition coefficient (Wildman–Crippen LogP) is 4.28. The lowest BCUT2D eigenvalue weighted by Crippen LogP contribution is -2.31. The Morgan fingerprint density at radius 1 is 1.06 bits per heavy atom. The summed E-state index contributed by atoms with van der Waals surface area (Å²) in [6.07, 6.45) is 11.5. The minimum absolute atomic E-state index is 0.452. The van der Waals surface area contributed by atoms with Crippen molar-refractivity contribution < 1.29 is 9.47 Å². The molecule has 0 aliphatic carbocycles. The summed E-state index contributed by atoms with van der Waals surface area (Å²) in [5.74, 6) is 3.10. The van der Waals surface area contributed by atoms with Gasteiger partial charge in [-0.05, 0) is 18.6 Å². The Morgan fingerprint density at radius 2 is 1.84 bits per heavy atom. The van der Waals surface area contributed by atoms with Gasteiger partial charge in [0.05, 0.1) is 13.2 Å². The van der Waals surface area contributed by atoms with E-state index in [1.54, 1.807) is 6.33 Å². The van der Waals surface area contributed by atoms with E-state index in [2.05, 4.69) is 27.8 Å². The molecule has 31 heavy (non-hydrogen) atoms. The normalized spacial score (nSPS) is 13.7. The maximum Gasteiger partial charge on any atom is 0.196 e. The van der Waals surface area contributed by atoms with Crippen molar-refractivity contribution in [2.45, 2.75) is 64.8 Å². The van der Waals surface area contributed by atoms with E-state index >= 15 is 0 Å². The average Bonchev–Trinajstić information content (AvgIpc) is 3.04. The molecule has 0 saturated carbocycles. The second-order valence-electron chi connectivity index (χ2n) is 7.91. The third-order valence-electron chi connectivity index (χ3n) is 5.27. The van der Waals surface area contributed by atoms with Crippen LogP contribution in [0.4, 0.5) is 5.69 Å². The summed E-state index contributed by atoms with van der Waals surface area (Å²) in [7, 11) is 1.92. The fourth-order valence-electron chi connectivity index (χ4n) is 3.41. The van der Waals surface area contributed by atoms with Gasteiger partial charge in [-0.25, -0.2) is 4.99 Å². The average molecular weight is 429 g/mol. The molecule has 8 heteroatoms. The van der Waals surface area contributed by atoms with Crippen molar-refractivity contribution in [2.75, 3.05) is 25.1 Å². The Kier molecular flexibility index (Phi) is 9.47. The molecule has 2 N–H and O–H groups in total. The highest BCUT2D eigenvalue weighted by Crippen LogP contribution is 2.32. The summed E-state index contributed by atoms with van der Waals surface area (Å²) in [6.45, 7) is 4.93. The molecule has 0 radical (unpaired) electrons. The first-order valence-electron chi connectivity index (χ1n) is 11.5. The van der Waals surface area contributed by atoms with Crippen molar-refractivity contribution in [1.82, 2.24) is 20.1 Å². The van der Waals surface area contributed by atoms with E-state index in [-0.39, 0.29) is 0 Å². The fourth-order valence-corrected chi connectivity index (χ4v) is 3.41. The van der Waals surface area contributed by atoms with Gasteiger partial charge in [0.25, 0.3) is 0 Å². The lowest BCUT2D eigenvalue weighted by Gasteiger charge is -2.14. The van der Waals surface area contributed by atoms with Crippen LogP contribution in [-0.2, 0) is 13.6 Å². The largest absolute Gasteiger partial charge is 0.490 e. The Labute approximate surface area is 185 Å². The van der Waals surface area contributed by atoms with Gasteiger partial charge in [-0.1, -0.05) is 45.4 Å². The molecule has 0 bridgehead atoms. The van der Waals surface area contributed by atoms with Crippen LogP contribution in [0.3, 0.4) is 0 Å². The van der Waals surface area contributed by atoms with Crippen molar-refractivity contribution in [2.24, 2.45) is 12.0 Å². The van der Waals surface area contributed by atoms with E-state index in [1.165, 1.54) is 38.5 Å². The molecule has 0 unspecified atom stereocenters. The Bertz CT molecular complexity index is 820. The lowest BCUT2D eigenvalue weighted by atomic mass is 10.1. The molecule has 1 aliphatic rings. The van der Waals surface area contributed by atoms with Gasteiger partial charge in [-0.15, -0.1) is 10.2 Å². The monoisotopic (exact) mass is 428 g/mol. The molecule has 0 amide bonds. The molecule has 0 atom stereocenters. The smallest absolute Gasteiger partial charge is 0.196 e. The van der Waals surface area contributed by atoms with Gasteiger partial charge in [0.1, 0.15) is 12.9 Å². The highest BCUT2D eigenvalue weighted by Gasteiger charge is 2.11. The van der Waals surface area contributed by atoms with Crippen molar-refractivity contribution in [3.63, 3.8) is 0 Å². The van der Waals surface area contributed by atoms with Gasteiger partial charge in [0.15, 0.2) is 23.3 Å². The number of aryl methyl sites for hydroxylation is 1. The summed E-state index contributed by atoms with van der Waals surface area (Å²) in [5.41, 5.74) is 0.910. The summed E-state index contributed by atoms with van der Waals surface area (Å²) >= 11 is 0. The van der Waals surface area contributed by atoms with E-state index in [9.17, 15) is 0 Å². The van der Waals surface area contributed by atoms with Crippen molar-refractivity contribution in [1.29, 1.82) is 0 Å². The van der Waals surface area contributed by atoms with E-state index < -0.39 is 0 Å². The first-order valence-corrected chi connectivity index (χ1v) is 11.5. The molecule has 0 spiro atoms. The number of benzene rings is 1. The highest BCUT2D eigenvalue weighted by atomic mass is 16.5. The third kappa shape index (κ3) is 7.77. The topological polar surface area (TPSA) is 85.6 Å². The van der Waals surface area contributed by atoms with Crippen molar-refractivity contribution in [3.8, 4) is 11.5 Å². The molecule has 2 heterocycles. The number of hydrogen-bond acceptors (Lipinski definition) is 5. The standard InChI is InChI=1S/C23H36N6O2/c1-3-4-5-6-7-8-9-13-24-23(25-17-22-28-26-18-29(22)2)27-19-11-12-20-21(16-19)31-15-10-14-30-20/h11-12,16,18H,3-10,13-15,17H2,1-2H3,(H2,24,25,27). The molecule has 0 saturated heterocycles. The SMILES string of the molecule is CCCCCCCCCNC(=NCc1nncn1C)Nc1ccc2c(c1)OCCCO2. The number of rotatable bonds is 11. The molecule has 0 fully saturated rings. The van der Waals surface area contributed by atoms with Crippen LogP contribution in [0.25, 0.3) is 0 Å². The highest BCUT2D eigenvalue weighted by molar-refractivity contribution is 5.93. The van der Waals surface area contributed by atoms with Crippen molar-refractivity contribution in [3.05, 3.63) is 30.4 Å². The van der Waals surface area contributed by atoms with Crippen LogP contribution >= 0.6 is 0 Å². The molecule has 170 valence electrons. The molecular weight excluding hydrogens is 392 g/mol. The zero-order valence-corrected chi connectivity index (χ0v) is 18.9. The minimum Gasteiger partial charge on any atom is -0.490 e. The van der Waals surface area contributed by atoms with Crippen LogP contribution in [0.15, 0.2) is 29.5 Å². The molecule has 1 aromatic heterocycles. The number of aliphatic imine (C=N–C) groups is 1. The number of unbranched alkanes of at least 4 members (excludes halogenated alkanes) is 6. The van der Waals surface area contributed by atoms with Gasteiger partial charge in [-0.2, -0.15) is 0 Å². The molecular formula is C23H36N6O2. The number of nitrogens with zero attached hydrogens (tertiary/aromatic N) is 4. The van der Waals surface area contributed by atoms with Gasteiger partial charge >= 0.3 is 0 Å².